The Morgan fingerprint density at radius 3 is 1.86 bits per heavy atom. The Balaban J connectivity index is 0.992. The molecular weight excluding hydrogens is 725 g/mol. The van der Waals surface area contributed by atoms with Gasteiger partial charge in [0.2, 0.25) is 0 Å². The third-order valence-corrected chi connectivity index (χ3v) is 12.8. The molecule has 12 aromatic rings. The molecule has 0 spiro atoms. The van der Waals surface area contributed by atoms with E-state index >= 15 is 0 Å². The molecule has 0 radical (unpaired) electrons. The molecule has 12 rings (SSSR count). The molecule has 3 aromatic heterocycles. The molecular formula is C54H34N2OS. The van der Waals surface area contributed by atoms with Gasteiger partial charge in [-0.05, 0) is 95.1 Å². The highest BCUT2D eigenvalue weighted by atomic mass is 32.1. The number of hydrogen-bond acceptors (Lipinski definition) is 3. The summed E-state index contributed by atoms with van der Waals surface area (Å²) in [6, 6.07) is 74.4. The smallest absolute Gasteiger partial charge is 0.136 e. The van der Waals surface area contributed by atoms with Crippen molar-refractivity contribution in [2.45, 2.75) is 0 Å². The van der Waals surface area contributed by atoms with E-state index in [-0.39, 0.29) is 0 Å². The van der Waals surface area contributed by atoms with Crippen molar-refractivity contribution < 1.29 is 4.42 Å². The Kier molecular flexibility index (Phi) is 7.40. The van der Waals surface area contributed by atoms with Gasteiger partial charge in [0.25, 0.3) is 0 Å². The summed E-state index contributed by atoms with van der Waals surface area (Å²) >= 11 is 1.86. The van der Waals surface area contributed by atoms with Gasteiger partial charge in [0, 0.05) is 54.1 Å². The molecule has 4 heteroatoms. The third kappa shape index (κ3) is 5.12. The zero-order chi connectivity index (χ0) is 38.2. The molecule has 58 heavy (non-hydrogen) atoms. The highest BCUT2D eigenvalue weighted by Crippen LogP contribution is 2.46. The first-order valence-corrected chi connectivity index (χ1v) is 20.5. The van der Waals surface area contributed by atoms with E-state index in [4.69, 9.17) is 4.42 Å². The van der Waals surface area contributed by atoms with Crippen LogP contribution in [0.5, 0.6) is 0 Å². The average molecular weight is 759 g/mol. The van der Waals surface area contributed by atoms with E-state index in [0.717, 1.165) is 50.3 Å². The van der Waals surface area contributed by atoms with Gasteiger partial charge >= 0.3 is 0 Å². The van der Waals surface area contributed by atoms with Crippen LogP contribution in [0.1, 0.15) is 0 Å². The summed E-state index contributed by atoms with van der Waals surface area (Å²) in [6.07, 6.45) is 0. The van der Waals surface area contributed by atoms with E-state index in [1.54, 1.807) is 0 Å². The van der Waals surface area contributed by atoms with Crippen molar-refractivity contribution in [2.24, 2.45) is 0 Å². The minimum Gasteiger partial charge on any atom is -0.456 e. The highest BCUT2D eigenvalue weighted by molar-refractivity contribution is 7.26. The average Bonchev–Trinajstić information content (AvgIpc) is 3.97. The lowest BCUT2D eigenvalue weighted by Crippen LogP contribution is -2.10. The van der Waals surface area contributed by atoms with Crippen molar-refractivity contribution >= 4 is 92.3 Å². The highest BCUT2D eigenvalue weighted by Gasteiger charge is 2.20. The number of hydrogen-bond donors (Lipinski definition) is 0. The Morgan fingerprint density at radius 2 is 1.03 bits per heavy atom. The first-order chi connectivity index (χ1) is 28.8. The number of anilines is 3. The van der Waals surface area contributed by atoms with Gasteiger partial charge in [-0.1, -0.05) is 133 Å². The van der Waals surface area contributed by atoms with E-state index in [1.165, 1.54) is 58.7 Å². The van der Waals surface area contributed by atoms with E-state index in [0.29, 0.717) is 0 Å². The number of benzene rings is 9. The number of nitrogens with zero attached hydrogens (tertiary/aromatic N) is 2. The van der Waals surface area contributed by atoms with Crippen molar-refractivity contribution in [3.8, 4) is 27.9 Å². The molecule has 0 bridgehead atoms. The van der Waals surface area contributed by atoms with Crippen LogP contribution in [0.4, 0.5) is 17.1 Å². The van der Waals surface area contributed by atoms with Gasteiger partial charge in [-0.3, -0.25) is 0 Å². The van der Waals surface area contributed by atoms with E-state index in [2.05, 4.69) is 204 Å². The second kappa shape index (κ2) is 13.1. The zero-order valence-electron chi connectivity index (χ0n) is 31.3. The summed E-state index contributed by atoms with van der Waals surface area (Å²) in [5, 5.41) is 7.36. The molecule has 9 aromatic carbocycles. The van der Waals surface area contributed by atoms with Crippen LogP contribution in [0.3, 0.4) is 0 Å². The van der Waals surface area contributed by atoms with E-state index in [1.807, 2.05) is 23.5 Å². The SMILES string of the molecule is c1ccc(-n2c3ccccc3c3ccc(-c4ccc(N(c5ccc(-c6cccc7oc8ccccc8c67)cc5)c5cccc6c5sc5ccccc56)cc4)cc32)cc1. The van der Waals surface area contributed by atoms with Gasteiger partial charge in [0.05, 0.1) is 21.4 Å². The molecule has 0 unspecified atom stereocenters. The van der Waals surface area contributed by atoms with Crippen LogP contribution >= 0.6 is 11.3 Å². The summed E-state index contributed by atoms with van der Waals surface area (Å²) in [6.45, 7) is 0. The van der Waals surface area contributed by atoms with Crippen LogP contribution in [0, 0.1) is 0 Å². The second-order valence-electron chi connectivity index (χ2n) is 14.9. The van der Waals surface area contributed by atoms with Gasteiger partial charge in [0.15, 0.2) is 0 Å². The van der Waals surface area contributed by atoms with Crippen molar-refractivity contribution in [3.05, 3.63) is 206 Å². The summed E-state index contributed by atoms with van der Waals surface area (Å²) in [5.74, 6) is 0. The lowest BCUT2D eigenvalue weighted by Gasteiger charge is -2.26. The summed E-state index contributed by atoms with van der Waals surface area (Å²) in [4.78, 5) is 2.41. The molecule has 272 valence electrons. The molecule has 0 saturated heterocycles. The van der Waals surface area contributed by atoms with Crippen LogP contribution in [-0.4, -0.2) is 4.57 Å². The van der Waals surface area contributed by atoms with Crippen molar-refractivity contribution in [1.29, 1.82) is 0 Å². The Morgan fingerprint density at radius 1 is 0.414 bits per heavy atom. The van der Waals surface area contributed by atoms with Crippen LogP contribution < -0.4 is 4.90 Å². The van der Waals surface area contributed by atoms with Crippen molar-refractivity contribution in [1.82, 2.24) is 4.57 Å². The van der Waals surface area contributed by atoms with Gasteiger partial charge in [-0.25, -0.2) is 0 Å². The fourth-order valence-electron chi connectivity index (χ4n) is 8.95. The Hall–Kier alpha value is -7.40. The molecule has 0 saturated carbocycles. The predicted octanol–water partition coefficient (Wildman–Crippen LogP) is 15.9. The molecule has 0 fully saturated rings. The van der Waals surface area contributed by atoms with E-state index in [9.17, 15) is 0 Å². The monoisotopic (exact) mass is 758 g/mol. The maximum atomic E-state index is 6.25. The van der Waals surface area contributed by atoms with Crippen LogP contribution in [0.15, 0.2) is 211 Å². The summed E-state index contributed by atoms with van der Waals surface area (Å²) in [5.41, 5.74) is 13.4. The standard InChI is InChI=1S/C54H34N2OS/c1-2-12-38(13-3-1)56-47-19-7-4-14-42(47)43-33-28-37(34-49(43)56)35-24-29-39(30-25-35)55(48-20-10-18-45-44-15-6-9-23-52(44)58-54(45)48)40-31-26-36(27-32-40)41-17-11-22-51-53(41)46-16-5-8-21-50(46)57-51/h1-34H. The fourth-order valence-corrected chi connectivity index (χ4v) is 10.2. The third-order valence-electron chi connectivity index (χ3n) is 11.6. The van der Waals surface area contributed by atoms with Crippen molar-refractivity contribution in [3.63, 3.8) is 0 Å². The van der Waals surface area contributed by atoms with Gasteiger partial charge < -0.3 is 13.9 Å². The fraction of sp³-hybridized carbons (Fsp3) is 0. The normalized spacial score (nSPS) is 11.8. The van der Waals surface area contributed by atoms with Gasteiger partial charge in [-0.15, -0.1) is 11.3 Å². The summed E-state index contributed by atoms with van der Waals surface area (Å²) < 4.78 is 11.2. The molecule has 0 amide bonds. The Labute approximate surface area is 338 Å². The number of fused-ring (bicyclic) bond motifs is 9. The van der Waals surface area contributed by atoms with Crippen LogP contribution in [0.25, 0.3) is 91.9 Å². The molecule has 0 aliphatic carbocycles. The first-order valence-electron chi connectivity index (χ1n) is 19.7. The molecule has 0 atom stereocenters. The van der Waals surface area contributed by atoms with Crippen LogP contribution in [0.2, 0.25) is 0 Å². The molecule has 0 aliphatic heterocycles. The zero-order valence-corrected chi connectivity index (χ0v) is 32.2. The largest absolute Gasteiger partial charge is 0.456 e. The molecule has 0 aliphatic rings. The minimum atomic E-state index is 0.904. The quantitative estimate of drug-likeness (QED) is 0.168. The lowest BCUT2D eigenvalue weighted by atomic mass is 9.99. The van der Waals surface area contributed by atoms with Gasteiger partial charge in [0.1, 0.15) is 11.2 Å². The number of rotatable bonds is 6. The maximum Gasteiger partial charge on any atom is 0.136 e. The van der Waals surface area contributed by atoms with Gasteiger partial charge in [-0.2, -0.15) is 0 Å². The Bertz CT molecular complexity index is 3500. The maximum absolute atomic E-state index is 6.25. The van der Waals surface area contributed by atoms with E-state index < -0.39 is 0 Å². The number of furan rings is 1. The van der Waals surface area contributed by atoms with Crippen molar-refractivity contribution in [2.75, 3.05) is 4.90 Å². The van der Waals surface area contributed by atoms with Crippen LogP contribution in [-0.2, 0) is 0 Å². The molecule has 3 nitrogen and oxygen atoms in total. The topological polar surface area (TPSA) is 21.3 Å². The second-order valence-corrected chi connectivity index (χ2v) is 15.9. The minimum absolute atomic E-state index is 0.904. The first kappa shape index (κ1) is 32.8. The molecule has 0 N–H and O–H groups in total. The number of aromatic nitrogens is 1. The molecule has 3 heterocycles. The predicted molar refractivity (Wildman–Crippen MR) is 247 cm³/mol. The number of para-hydroxylation sites is 3. The summed E-state index contributed by atoms with van der Waals surface area (Å²) in [7, 11) is 0. The number of thiophene rings is 1. The lowest BCUT2D eigenvalue weighted by molar-refractivity contribution is 0.669.